The normalized spacial score (nSPS) is 19.1. The predicted molar refractivity (Wildman–Crippen MR) is 107 cm³/mol. The summed E-state index contributed by atoms with van der Waals surface area (Å²) in [6.45, 7) is 6.12. The SMILES string of the molecule is Cc1ccn2c(C(=O)N3CCN(C(=O)Cc4ccc(F)cc4F)[C@H](C)[C@H]3C)nnc2n1. The summed E-state index contributed by atoms with van der Waals surface area (Å²) in [4.78, 5) is 33.5. The number of aromatic nitrogens is 4. The molecule has 3 heterocycles. The largest absolute Gasteiger partial charge is 0.336 e. The van der Waals surface area contributed by atoms with Gasteiger partial charge in [-0.2, -0.15) is 0 Å². The molecular formula is C21H22F2N6O2. The quantitative estimate of drug-likeness (QED) is 0.637. The highest BCUT2D eigenvalue weighted by atomic mass is 19.1. The molecule has 1 saturated heterocycles. The zero-order chi connectivity index (χ0) is 22.3. The molecule has 0 unspecified atom stereocenters. The van der Waals surface area contributed by atoms with Gasteiger partial charge in [0.15, 0.2) is 0 Å². The van der Waals surface area contributed by atoms with Crippen molar-refractivity contribution in [3.8, 4) is 0 Å². The first-order valence-electron chi connectivity index (χ1n) is 9.99. The maximum absolute atomic E-state index is 13.9. The zero-order valence-electron chi connectivity index (χ0n) is 17.4. The molecule has 0 N–H and O–H groups in total. The van der Waals surface area contributed by atoms with Crippen LogP contribution in [0.25, 0.3) is 5.78 Å². The number of fused-ring (bicyclic) bond motifs is 1. The first kappa shape index (κ1) is 20.8. The smallest absolute Gasteiger partial charge is 0.292 e. The average Bonchev–Trinajstić information content (AvgIpc) is 3.14. The molecule has 2 aromatic heterocycles. The summed E-state index contributed by atoms with van der Waals surface area (Å²) >= 11 is 0. The number of hydrogen-bond acceptors (Lipinski definition) is 5. The molecule has 8 nitrogen and oxygen atoms in total. The third kappa shape index (κ3) is 3.85. The molecule has 0 aliphatic carbocycles. The Hall–Kier alpha value is -3.43. The monoisotopic (exact) mass is 428 g/mol. The summed E-state index contributed by atoms with van der Waals surface area (Å²) in [5.41, 5.74) is 0.910. The number of piperazine rings is 1. The topological polar surface area (TPSA) is 83.7 Å². The van der Waals surface area contributed by atoms with Crippen molar-refractivity contribution in [1.29, 1.82) is 0 Å². The van der Waals surface area contributed by atoms with Gasteiger partial charge in [0, 0.05) is 43.1 Å². The third-order valence-electron chi connectivity index (χ3n) is 5.81. The van der Waals surface area contributed by atoms with E-state index in [0.717, 1.165) is 17.8 Å². The maximum atomic E-state index is 13.9. The minimum absolute atomic E-state index is 0.141. The molecule has 0 bridgehead atoms. The van der Waals surface area contributed by atoms with Gasteiger partial charge in [0.25, 0.3) is 11.7 Å². The van der Waals surface area contributed by atoms with E-state index < -0.39 is 11.6 Å². The van der Waals surface area contributed by atoms with Crippen LogP contribution in [0, 0.1) is 18.6 Å². The molecule has 31 heavy (non-hydrogen) atoms. The lowest BCUT2D eigenvalue weighted by Gasteiger charge is -2.44. The van der Waals surface area contributed by atoms with Gasteiger partial charge < -0.3 is 9.80 Å². The van der Waals surface area contributed by atoms with E-state index in [-0.39, 0.29) is 41.7 Å². The minimum Gasteiger partial charge on any atom is -0.336 e. The van der Waals surface area contributed by atoms with E-state index in [1.807, 2.05) is 20.8 Å². The molecule has 3 aromatic rings. The Bertz CT molecular complexity index is 1160. The second-order valence-corrected chi connectivity index (χ2v) is 7.74. The van der Waals surface area contributed by atoms with E-state index in [1.54, 1.807) is 26.5 Å². The lowest BCUT2D eigenvalue weighted by atomic mass is 10.0. The van der Waals surface area contributed by atoms with Crippen molar-refractivity contribution in [3.63, 3.8) is 0 Å². The Morgan fingerprint density at radius 2 is 1.77 bits per heavy atom. The van der Waals surface area contributed by atoms with Gasteiger partial charge in [-0.15, -0.1) is 10.2 Å². The second-order valence-electron chi connectivity index (χ2n) is 7.74. The molecule has 1 aliphatic heterocycles. The molecule has 0 spiro atoms. The Morgan fingerprint density at radius 1 is 1.06 bits per heavy atom. The number of rotatable bonds is 3. The lowest BCUT2D eigenvalue weighted by molar-refractivity contribution is -0.136. The van der Waals surface area contributed by atoms with E-state index in [0.29, 0.717) is 18.9 Å². The van der Waals surface area contributed by atoms with Crippen LogP contribution in [-0.4, -0.2) is 66.4 Å². The third-order valence-corrected chi connectivity index (χ3v) is 5.81. The number of halogens is 2. The summed E-state index contributed by atoms with van der Waals surface area (Å²) in [6.07, 6.45) is 1.53. The molecule has 2 atom stereocenters. The van der Waals surface area contributed by atoms with E-state index in [4.69, 9.17) is 0 Å². The van der Waals surface area contributed by atoms with Gasteiger partial charge in [-0.25, -0.2) is 13.8 Å². The highest BCUT2D eigenvalue weighted by Crippen LogP contribution is 2.21. The molecule has 0 radical (unpaired) electrons. The van der Waals surface area contributed by atoms with Gasteiger partial charge >= 0.3 is 0 Å². The van der Waals surface area contributed by atoms with Crippen molar-refractivity contribution >= 4 is 17.6 Å². The molecular weight excluding hydrogens is 406 g/mol. The fourth-order valence-electron chi connectivity index (χ4n) is 3.86. The van der Waals surface area contributed by atoms with Gasteiger partial charge in [0.05, 0.1) is 6.42 Å². The van der Waals surface area contributed by atoms with Crippen LogP contribution in [0.3, 0.4) is 0 Å². The fourth-order valence-corrected chi connectivity index (χ4v) is 3.86. The van der Waals surface area contributed by atoms with Gasteiger partial charge in [0.2, 0.25) is 11.7 Å². The number of benzene rings is 1. The average molecular weight is 428 g/mol. The van der Waals surface area contributed by atoms with Gasteiger partial charge in [-0.05, 0) is 38.5 Å². The van der Waals surface area contributed by atoms with Crippen LogP contribution in [0.4, 0.5) is 8.78 Å². The first-order valence-corrected chi connectivity index (χ1v) is 9.99. The molecule has 1 aliphatic rings. The van der Waals surface area contributed by atoms with E-state index in [1.165, 1.54) is 6.07 Å². The van der Waals surface area contributed by atoms with Gasteiger partial charge in [-0.3, -0.25) is 14.0 Å². The summed E-state index contributed by atoms with van der Waals surface area (Å²) < 4.78 is 28.6. The lowest BCUT2D eigenvalue weighted by Crippen LogP contribution is -2.60. The van der Waals surface area contributed by atoms with E-state index >= 15 is 0 Å². The molecule has 10 heteroatoms. The predicted octanol–water partition coefficient (Wildman–Crippen LogP) is 2.02. The highest BCUT2D eigenvalue weighted by Gasteiger charge is 2.37. The first-order chi connectivity index (χ1) is 14.8. The number of hydrogen-bond donors (Lipinski definition) is 0. The Labute approximate surface area is 177 Å². The standard InChI is InChI=1S/C21H22F2N6O2/c1-12-6-7-29-19(25-26-21(29)24-12)20(31)28-9-8-27(13(2)14(28)3)18(30)10-15-4-5-16(22)11-17(15)23/h4-7,11,13-14H,8-10H2,1-3H3/t13-,14-/m1/s1. The number of aryl methyl sites for hydroxylation is 1. The van der Waals surface area contributed by atoms with Crippen molar-refractivity contribution in [2.24, 2.45) is 0 Å². The Morgan fingerprint density at radius 3 is 2.52 bits per heavy atom. The summed E-state index contributed by atoms with van der Waals surface area (Å²) in [5.74, 6) is -1.49. The number of nitrogens with zero attached hydrogens (tertiary/aromatic N) is 6. The molecule has 162 valence electrons. The number of carbonyl (C=O) groups excluding carboxylic acids is 2. The molecule has 1 aromatic carbocycles. The summed E-state index contributed by atoms with van der Waals surface area (Å²) in [6, 6.07) is 4.35. The van der Waals surface area contributed by atoms with Gasteiger partial charge in [0.1, 0.15) is 11.6 Å². The summed E-state index contributed by atoms with van der Waals surface area (Å²) in [5, 5.41) is 7.98. The van der Waals surface area contributed by atoms with Crippen molar-refractivity contribution in [3.05, 3.63) is 59.2 Å². The fraction of sp³-hybridized carbons (Fsp3) is 0.381. The zero-order valence-corrected chi connectivity index (χ0v) is 17.4. The van der Waals surface area contributed by atoms with Crippen LogP contribution in [0.2, 0.25) is 0 Å². The van der Waals surface area contributed by atoms with Gasteiger partial charge in [-0.1, -0.05) is 6.07 Å². The van der Waals surface area contributed by atoms with Crippen molar-refractivity contribution in [1.82, 2.24) is 29.4 Å². The van der Waals surface area contributed by atoms with Crippen molar-refractivity contribution in [2.75, 3.05) is 13.1 Å². The number of amides is 2. The van der Waals surface area contributed by atoms with Crippen LogP contribution in [-0.2, 0) is 11.2 Å². The van der Waals surface area contributed by atoms with E-state index in [9.17, 15) is 18.4 Å². The summed E-state index contributed by atoms with van der Waals surface area (Å²) in [7, 11) is 0. The molecule has 1 fully saturated rings. The highest BCUT2D eigenvalue weighted by molar-refractivity contribution is 5.92. The second kappa shape index (κ2) is 8.01. The Kier molecular flexibility index (Phi) is 5.38. The van der Waals surface area contributed by atoms with Crippen molar-refractivity contribution < 1.29 is 18.4 Å². The Balaban J connectivity index is 1.49. The minimum atomic E-state index is -0.745. The molecule has 2 amide bonds. The number of carbonyl (C=O) groups is 2. The van der Waals surface area contributed by atoms with Crippen LogP contribution >= 0.6 is 0 Å². The maximum Gasteiger partial charge on any atom is 0.292 e. The van der Waals surface area contributed by atoms with Crippen molar-refractivity contribution in [2.45, 2.75) is 39.3 Å². The molecule has 0 saturated carbocycles. The van der Waals surface area contributed by atoms with Crippen LogP contribution in [0.5, 0.6) is 0 Å². The van der Waals surface area contributed by atoms with E-state index in [2.05, 4.69) is 15.2 Å². The van der Waals surface area contributed by atoms with Crippen LogP contribution in [0.15, 0.2) is 30.5 Å². The molecule has 4 rings (SSSR count). The van der Waals surface area contributed by atoms with Crippen LogP contribution in [0.1, 0.15) is 35.7 Å². The van der Waals surface area contributed by atoms with Crippen LogP contribution < -0.4 is 0 Å².